The zero-order chi connectivity index (χ0) is 23.1. The number of aromatic nitrogens is 2. The van der Waals surface area contributed by atoms with Crippen molar-refractivity contribution in [3.05, 3.63) is 66.7 Å². The van der Waals surface area contributed by atoms with Crippen molar-refractivity contribution in [1.29, 1.82) is 0 Å². The van der Waals surface area contributed by atoms with Gasteiger partial charge in [0.2, 0.25) is 11.0 Å². The van der Waals surface area contributed by atoms with Gasteiger partial charge in [0, 0.05) is 10.6 Å². The molecule has 1 amide bonds. The average Bonchev–Trinajstić information content (AvgIpc) is 3.23. The number of benzene rings is 2. The second-order valence-electron chi connectivity index (χ2n) is 6.54. The lowest BCUT2D eigenvalue weighted by Crippen LogP contribution is -2.38. The van der Waals surface area contributed by atoms with Gasteiger partial charge in [0.25, 0.3) is 10.0 Å². The second kappa shape index (κ2) is 11.0. The Kier molecular flexibility index (Phi) is 8.35. The molecule has 0 fully saturated rings. The van der Waals surface area contributed by atoms with Crippen molar-refractivity contribution >= 4 is 61.6 Å². The van der Waals surface area contributed by atoms with Crippen LogP contribution in [0.25, 0.3) is 0 Å². The van der Waals surface area contributed by atoms with Crippen molar-refractivity contribution in [1.82, 2.24) is 10.2 Å². The number of thioether (sulfide) groups is 2. The molecule has 7 nitrogen and oxygen atoms in total. The topological polar surface area (TPSA) is 92.3 Å². The van der Waals surface area contributed by atoms with Crippen LogP contribution in [0.15, 0.2) is 75.3 Å². The minimum absolute atomic E-state index is 0.114. The van der Waals surface area contributed by atoms with Gasteiger partial charge in [0.1, 0.15) is 6.54 Å². The zero-order valence-corrected chi connectivity index (χ0v) is 20.8. The first-order chi connectivity index (χ1) is 15.3. The maximum absolute atomic E-state index is 13.4. The van der Waals surface area contributed by atoms with Gasteiger partial charge >= 0.3 is 0 Å². The predicted octanol–water partition coefficient (Wildman–Crippen LogP) is 4.68. The quantitative estimate of drug-likeness (QED) is 0.242. The first-order valence-electron chi connectivity index (χ1n) is 9.44. The van der Waals surface area contributed by atoms with Crippen LogP contribution in [0.5, 0.6) is 0 Å². The van der Waals surface area contributed by atoms with Crippen LogP contribution in [0.1, 0.15) is 5.56 Å². The SMILES string of the molecule is C=CCSc1nnc(NC(=O)CN(c2ccc(C)cc2)S(=O)(=O)c2ccc(SC)cc2)s1. The molecule has 0 aliphatic rings. The van der Waals surface area contributed by atoms with Gasteiger partial charge in [-0.15, -0.1) is 28.5 Å². The number of aryl methyl sites for hydroxylation is 1. The first-order valence-corrected chi connectivity index (χ1v) is 13.9. The van der Waals surface area contributed by atoms with Crippen molar-refractivity contribution in [2.75, 3.05) is 28.2 Å². The Bertz CT molecular complexity index is 1180. The maximum Gasteiger partial charge on any atom is 0.264 e. The summed E-state index contributed by atoms with van der Waals surface area (Å²) in [6.45, 7) is 5.17. The van der Waals surface area contributed by atoms with E-state index in [2.05, 4.69) is 22.1 Å². The molecule has 0 saturated carbocycles. The summed E-state index contributed by atoms with van der Waals surface area (Å²) >= 11 is 4.20. The van der Waals surface area contributed by atoms with Crippen LogP contribution in [-0.4, -0.2) is 43.1 Å². The second-order valence-corrected chi connectivity index (χ2v) is 11.5. The van der Waals surface area contributed by atoms with Crippen LogP contribution in [-0.2, 0) is 14.8 Å². The van der Waals surface area contributed by atoms with E-state index in [0.717, 1.165) is 14.8 Å². The smallest absolute Gasteiger partial charge is 0.264 e. The van der Waals surface area contributed by atoms with Crippen LogP contribution in [0, 0.1) is 6.92 Å². The highest BCUT2D eigenvalue weighted by atomic mass is 32.2. The van der Waals surface area contributed by atoms with E-state index in [-0.39, 0.29) is 4.90 Å². The van der Waals surface area contributed by atoms with Crippen LogP contribution in [0.3, 0.4) is 0 Å². The molecular formula is C21H22N4O3S4. The summed E-state index contributed by atoms with van der Waals surface area (Å²) in [7, 11) is -3.97. The van der Waals surface area contributed by atoms with Crippen molar-refractivity contribution in [3.63, 3.8) is 0 Å². The van der Waals surface area contributed by atoms with Gasteiger partial charge in [0.05, 0.1) is 10.6 Å². The molecule has 0 spiro atoms. The standard InChI is InChI=1S/C21H22N4O3S4/c1-4-13-30-21-24-23-20(31-21)22-19(26)14-25(16-7-5-15(2)6-8-16)32(27,28)18-11-9-17(29-3)10-12-18/h4-12H,1,13-14H2,2-3H3,(H,22,23,26). The van der Waals surface area contributed by atoms with E-state index in [9.17, 15) is 13.2 Å². The van der Waals surface area contributed by atoms with Crippen LogP contribution in [0.2, 0.25) is 0 Å². The highest BCUT2D eigenvalue weighted by molar-refractivity contribution is 8.01. The molecule has 1 heterocycles. The number of nitrogens with zero attached hydrogens (tertiary/aromatic N) is 3. The number of carbonyl (C=O) groups excluding carboxylic acids is 1. The van der Waals surface area contributed by atoms with E-state index in [4.69, 9.17) is 0 Å². The van der Waals surface area contributed by atoms with E-state index in [0.29, 0.717) is 20.9 Å². The Balaban J connectivity index is 1.85. The third-order valence-electron chi connectivity index (χ3n) is 4.23. The molecule has 0 radical (unpaired) electrons. The highest BCUT2D eigenvalue weighted by Crippen LogP contribution is 2.27. The Hall–Kier alpha value is -2.34. The average molecular weight is 507 g/mol. The first kappa shape index (κ1) is 24.3. The lowest BCUT2D eigenvalue weighted by Gasteiger charge is -2.24. The van der Waals surface area contributed by atoms with Crippen molar-refractivity contribution < 1.29 is 13.2 Å². The molecule has 0 bridgehead atoms. The van der Waals surface area contributed by atoms with E-state index in [1.165, 1.54) is 34.9 Å². The van der Waals surface area contributed by atoms with Crippen molar-refractivity contribution in [2.24, 2.45) is 0 Å². The fourth-order valence-electron chi connectivity index (χ4n) is 2.64. The molecule has 0 atom stereocenters. The van der Waals surface area contributed by atoms with Gasteiger partial charge < -0.3 is 0 Å². The molecular weight excluding hydrogens is 485 g/mol. The molecule has 3 rings (SSSR count). The molecule has 3 aromatic rings. The molecule has 0 unspecified atom stereocenters. The van der Waals surface area contributed by atoms with Gasteiger partial charge in [-0.2, -0.15) is 0 Å². The number of carbonyl (C=O) groups is 1. The number of amides is 1. The summed E-state index contributed by atoms with van der Waals surface area (Å²) in [5.74, 6) is 0.170. The molecule has 2 aromatic carbocycles. The number of rotatable bonds is 10. The Morgan fingerprint density at radius 1 is 1.16 bits per heavy atom. The molecule has 32 heavy (non-hydrogen) atoms. The molecule has 168 valence electrons. The molecule has 0 saturated heterocycles. The number of hydrogen-bond donors (Lipinski definition) is 1. The molecule has 0 aliphatic carbocycles. The largest absolute Gasteiger partial charge is 0.299 e. The van der Waals surface area contributed by atoms with Crippen LogP contribution < -0.4 is 9.62 Å². The normalized spacial score (nSPS) is 11.2. The zero-order valence-electron chi connectivity index (χ0n) is 17.5. The highest BCUT2D eigenvalue weighted by Gasteiger charge is 2.27. The summed E-state index contributed by atoms with van der Waals surface area (Å²) in [5.41, 5.74) is 1.39. The van der Waals surface area contributed by atoms with Gasteiger partial charge in [0.15, 0.2) is 4.34 Å². The van der Waals surface area contributed by atoms with E-state index in [1.807, 2.05) is 13.2 Å². The summed E-state index contributed by atoms with van der Waals surface area (Å²) in [4.78, 5) is 13.8. The molecule has 1 N–H and O–H groups in total. The Labute approximate surface area is 200 Å². The van der Waals surface area contributed by atoms with Crippen molar-refractivity contribution in [2.45, 2.75) is 21.1 Å². The summed E-state index contributed by atoms with van der Waals surface area (Å²) in [6.07, 6.45) is 3.67. The van der Waals surface area contributed by atoms with Crippen LogP contribution in [0.4, 0.5) is 10.8 Å². The summed E-state index contributed by atoms with van der Waals surface area (Å²) < 4.78 is 28.7. The lowest BCUT2D eigenvalue weighted by atomic mass is 10.2. The van der Waals surface area contributed by atoms with Gasteiger partial charge in [-0.05, 0) is 49.6 Å². The Morgan fingerprint density at radius 3 is 2.47 bits per heavy atom. The van der Waals surface area contributed by atoms with Crippen molar-refractivity contribution in [3.8, 4) is 0 Å². The number of sulfonamides is 1. The summed E-state index contributed by atoms with van der Waals surface area (Å²) in [5, 5.41) is 10.9. The van der Waals surface area contributed by atoms with E-state index in [1.54, 1.807) is 54.6 Å². The molecule has 1 aromatic heterocycles. The monoisotopic (exact) mass is 506 g/mol. The summed E-state index contributed by atoms with van der Waals surface area (Å²) in [6, 6.07) is 13.6. The molecule has 11 heteroatoms. The Morgan fingerprint density at radius 2 is 1.84 bits per heavy atom. The third-order valence-corrected chi connectivity index (χ3v) is 8.73. The predicted molar refractivity (Wildman–Crippen MR) is 133 cm³/mol. The lowest BCUT2D eigenvalue weighted by molar-refractivity contribution is -0.114. The van der Waals surface area contributed by atoms with Gasteiger partial charge in [-0.25, -0.2) is 8.42 Å². The van der Waals surface area contributed by atoms with Gasteiger partial charge in [-0.3, -0.25) is 14.4 Å². The van der Waals surface area contributed by atoms with E-state index >= 15 is 0 Å². The number of anilines is 2. The van der Waals surface area contributed by atoms with Crippen LogP contribution >= 0.6 is 34.9 Å². The molecule has 0 aliphatic heterocycles. The minimum atomic E-state index is -3.97. The third kappa shape index (κ3) is 6.12. The van der Waals surface area contributed by atoms with Gasteiger partial charge in [-0.1, -0.05) is 46.9 Å². The van der Waals surface area contributed by atoms with E-state index < -0.39 is 22.5 Å². The fourth-order valence-corrected chi connectivity index (χ4v) is 6.00. The number of nitrogens with one attached hydrogen (secondary N) is 1. The fraction of sp³-hybridized carbons (Fsp3) is 0.190. The minimum Gasteiger partial charge on any atom is -0.299 e. The number of hydrogen-bond acceptors (Lipinski definition) is 8. The maximum atomic E-state index is 13.4.